The van der Waals surface area contributed by atoms with Crippen LogP contribution in [0.1, 0.15) is 50.8 Å². The van der Waals surface area contributed by atoms with Gasteiger partial charge < -0.3 is 5.32 Å². The molecule has 1 N–H and O–H groups in total. The average molecular weight is 253 g/mol. The second-order valence-electron chi connectivity index (χ2n) is 4.93. The summed E-state index contributed by atoms with van der Waals surface area (Å²) in [5.74, 6) is 0.980. The van der Waals surface area contributed by atoms with Crippen molar-refractivity contribution in [1.82, 2.24) is 10.3 Å². The topological polar surface area (TPSA) is 24.9 Å². The van der Waals surface area contributed by atoms with E-state index in [4.69, 9.17) is 11.6 Å². The van der Waals surface area contributed by atoms with Gasteiger partial charge >= 0.3 is 0 Å². The van der Waals surface area contributed by atoms with E-state index in [0.717, 1.165) is 24.6 Å². The molecule has 1 heterocycles. The fourth-order valence-electron chi connectivity index (χ4n) is 2.08. The number of halogens is 1. The molecule has 1 aliphatic rings. The van der Waals surface area contributed by atoms with Crippen LogP contribution in [0.15, 0.2) is 18.3 Å². The lowest BCUT2D eigenvalue weighted by Gasteiger charge is -2.17. The summed E-state index contributed by atoms with van der Waals surface area (Å²) in [6.07, 6.45) is 8.27. The maximum atomic E-state index is 5.88. The first-order chi connectivity index (χ1) is 8.29. The number of nitrogens with one attached hydrogen (secondary N) is 1. The third-order valence-corrected chi connectivity index (χ3v) is 3.53. The van der Waals surface area contributed by atoms with E-state index in [0.29, 0.717) is 11.1 Å². The van der Waals surface area contributed by atoms with Gasteiger partial charge in [-0.15, -0.1) is 0 Å². The molecule has 3 heteroatoms. The van der Waals surface area contributed by atoms with Crippen LogP contribution < -0.4 is 5.32 Å². The zero-order valence-corrected chi connectivity index (χ0v) is 11.2. The van der Waals surface area contributed by atoms with Crippen LogP contribution in [-0.4, -0.2) is 11.5 Å². The molecule has 2 rings (SSSR count). The smallest absolute Gasteiger partial charge is 0.0589 e. The maximum Gasteiger partial charge on any atom is 0.0589 e. The van der Waals surface area contributed by atoms with E-state index in [9.17, 15) is 0 Å². The summed E-state index contributed by atoms with van der Waals surface area (Å²) >= 11 is 5.88. The van der Waals surface area contributed by atoms with Gasteiger partial charge in [0.15, 0.2) is 0 Å². The summed E-state index contributed by atoms with van der Waals surface area (Å²) in [6, 6.07) is 4.37. The lowest BCUT2D eigenvalue weighted by molar-refractivity contribution is 0.461. The first kappa shape index (κ1) is 12.8. The minimum atomic E-state index is 0.396. The van der Waals surface area contributed by atoms with E-state index in [2.05, 4.69) is 17.2 Å². The van der Waals surface area contributed by atoms with Gasteiger partial charge in [-0.3, -0.25) is 4.98 Å². The van der Waals surface area contributed by atoms with E-state index >= 15 is 0 Å². The summed E-state index contributed by atoms with van der Waals surface area (Å²) in [6.45, 7) is 3.25. The molecule has 1 aromatic rings. The molecule has 0 spiro atoms. The molecule has 2 nitrogen and oxygen atoms in total. The molecule has 1 unspecified atom stereocenters. The third-order valence-electron chi connectivity index (χ3n) is 3.31. The van der Waals surface area contributed by atoms with Gasteiger partial charge in [0.2, 0.25) is 0 Å². The molecule has 0 aliphatic heterocycles. The van der Waals surface area contributed by atoms with Gasteiger partial charge in [0.25, 0.3) is 0 Å². The Bertz CT molecular complexity index is 333. The van der Waals surface area contributed by atoms with Gasteiger partial charge in [-0.1, -0.05) is 31.4 Å². The minimum Gasteiger partial charge on any atom is -0.309 e. The van der Waals surface area contributed by atoms with E-state index in [-0.39, 0.29) is 0 Å². The van der Waals surface area contributed by atoms with E-state index in [1.54, 1.807) is 6.20 Å². The number of rotatable bonds is 7. The molecule has 0 aromatic carbocycles. The molecule has 1 atom stereocenters. The van der Waals surface area contributed by atoms with Crippen LogP contribution in [-0.2, 0) is 0 Å². The molecule has 17 heavy (non-hydrogen) atoms. The second kappa shape index (κ2) is 6.36. The van der Waals surface area contributed by atoms with Crippen LogP contribution in [0.2, 0.25) is 5.02 Å². The lowest BCUT2D eigenvalue weighted by Crippen LogP contribution is -2.23. The standard InChI is InChI=1S/C14H21ClN2/c1-2-9-16-13(7-5-11-3-4-11)14-8-6-12(15)10-17-14/h6,8,10-11,13,16H,2-5,7,9H2,1H3. The molecule has 0 radical (unpaired) electrons. The van der Waals surface area contributed by atoms with E-state index in [1.807, 2.05) is 12.1 Å². The monoisotopic (exact) mass is 252 g/mol. The van der Waals surface area contributed by atoms with Crippen LogP contribution in [0.4, 0.5) is 0 Å². The first-order valence-electron chi connectivity index (χ1n) is 6.64. The van der Waals surface area contributed by atoms with Gasteiger partial charge in [0.1, 0.15) is 0 Å². The van der Waals surface area contributed by atoms with Crippen LogP contribution in [0.3, 0.4) is 0 Å². The Labute approximate surface area is 109 Å². The SMILES string of the molecule is CCCNC(CCC1CC1)c1ccc(Cl)cn1. The van der Waals surface area contributed by atoms with Crippen LogP contribution in [0.5, 0.6) is 0 Å². The first-order valence-corrected chi connectivity index (χ1v) is 7.02. The fraction of sp³-hybridized carbons (Fsp3) is 0.643. The lowest BCUT2D eigenvalue weighted by atomic mass is 10.0. The second-order valence-corrected chi connectivity index (χ2v) is 5.37. The summed E-state index contributed by atoms with van der Waals surface area (Å²) in [5, 5.41) is 4.30. The summed E-state index contributed by atoms with van der Waals surface area (Å²) < 4.78 is 0. The molecular weight excluding hydrogens is 232 g/mol. The maximum absolute atomic E-state index is 5.88. The normalized spacial score (nSPS) is 17.1. The molecule has 94 valence electrons. The number of hydrogen-bond acceptors (Lipinski definition) is 2. The molecule has 0 bridgehead atoms. The Morgan fingerprint density at radius 3 is 2.88 bits per heavy atom. The number of aromatic nitrogens is 1. The molecule has 0 amide bonds. The zero-order chi connectivity index (χ0) is 12.1. The van der Waals surface area contributed by atoms with Crippen molar-refractivity contribution in [2.75, 3.05) is 6.54 Å². The van der Waals surface area contributed by atoms with Crippen molar-refractivity contribution in [2.24, 2.45) is 5.92 Å². The summed E-state index contributed by atoms with van der Waals surface area (Å²) in [4.78, 5) is 4.44. The van der Waals surface area contributed by atoms with Gasteiger partial charge in [-0.05, 0) is 43.9 Å². The quantitative estimate of drug-likeness (QED) is 0.794. The number of hydrogen-bond donors (Lipinski definition) is 1. The number of pyridine rings is 1. The van der Waals surface area contributed by atoms with Gasteiger partial charge in [-0.2, -0.15) is 0 Å². The van der Waals surface area contributed by atoms with Crippen molar-refractivity contribution in [3.8, 4) is 0 Å². The predicted molar refractivity (Wildman–Crippen MR) is 72.2 cm³/mol. The minimum absolute atomic E-state index is 0.396. The van der Waals surface area contributed by atoms with Crippen LogP contribution in [0.25, 0.3) is 0 Å². The molecule has 1 aromatic heterocycles. The largest absolute Gasteiger partial charge is 0.309 e. The molecule has 1 saturated carbocycles. The van der Waals surface area contributed by atoms with E-state index < -0.39 is 0 Å². The van der Waals surface area contributed by atoms with Crippen molar-refractivity contribution in [3.63, 3.8) is 0 Å². The van der Waals surface area contributed by atoms with E-state index in [1.165, 1.54) is 25.7 Å². The average Bonchev–Trinajstić information content (AvgIpc) is 3.15. The highest BCUT2D eigenvalue weighted by Crippen LogP contribution is 2.35. The van der Waals surface area contributed by atoms with Crippen molar-refractivity contribution in [3.05, 3.63) is 29.0 Å². The van der Waals surface area contributed by atoms with Crippen molar-refractivity contribution in [1.29, 1.82) is 0 Å². The fourth-order valence-corrected chi connectivity index (χ4v) is 2.19. The zero-order valence-electron chi connectivity index (χ0n) is 10.5. The predicted octanol–water partition coefficient (Wildman–Crippen LogP) is 3.97. The van der Waals surface area contributed by atoms with Crippen LogP contribution >= 0.6 is 11.6 Å². The van der Waals surface area contributed by atoms with Crippen molar-refractivity contribution >= 4 is 11.6 Å². The third kappa shape index (κ3) is 4.29. The molecule has 1 fully saturated rings. The Morgan fingerprint density at radius 2 is 2.29 bits per heavy atom. The van der Waals surface area contributed by atoms with Crippen LogP contribution in [0, 0.1) is 5.92 Å². The Balaban J connectivity index is 1.93. The summed E-state index contributed by atoms with van der Waals surface area (Å²) in [7, 11) is 0. The molecule has 0 saturated heterocycles. The Morgan fingerprint density at radius 1 is 1.47 bits per heavy atom. The highest BCUT2D eigenvalue weighted by Gasteiger charge is 2.23. The van der Waals surface area contributed by atoms with Crippen molar-refractivity contribution in [2.45, 2.75) is 45.1 Å². The van der Waals surface area contributed by atoms with Crippen molar-refractivity contribution < 1.29 is 0 Å². The summed E-state index contributed by atoms with van der Waals surface area (Å²) in [5.41, 5.74) is 1.13. The van der Waals surface area contributed by atoms with Gasteiger partial charge in [0, 0.05) is 12.2 Å². The number of nitrogens with zero attached hydrogens (tertiary/aromatic N) is 1. The Kier molecular flexibility index (Phi) is 4.81. The van der Waals surface area contributed by atoms with Gasteiger partial charge in [0.05, 0.1) is 10.7 Å². The Hall–Kier alpha value is -0.600. The highest BCUT2D eigenvalue weighted by atomic mass is 35.5. The molecular formula is C14H21ClN2. The molecule has 1 aliphatic carbocycles. The highest BCUT2D eigenvalue weighted by molar-refractivity contribution is 6.30. The van der Waals surface area contributed by atoms with Gasteiger partial charge in [-0.25, -0.2) is 0 Å².